The van der Waals surface area contributed by atoms with E-state index >= 15 is 0 Å². The Morgan fingerprint density at radius 1 is 1.23 bits per heavy atom. The van der Waals surface area contributed by atoms with Crippen molar-refractivity contribution < 1.29 is 29.2 Å². The van der Waals surface area contributed by atoms with Gasteiger partial charge in [0, 0.05) is 18.7 Å². The number of hydrogen-bond acceptors (Lipinski definition) is 8. The fraction of sp³-hybridized carbons (Fsp3) is 0.476. The van der Waals surface area contributed by atoms with E-state index in [9.17, 15) is 19.8 Å². The second-order valence-electron chi connectivity index (χ2n) is 7.50. The summed E-state index contributed by atoms with van der Waals surface area (Å²) >= 11 is 0. The number of carbonyl (C=O) groups is 1. The number of fused-ring (bicyclic) bond motifs is 1. The maximum atomic E-state index is 12.8. The molecular formula is C21H25N3O7. The SMILES string of the molecule is O=C(O)Cn1c(-c2ccccc2)ncc(NCCCO[C@@H]2CO[C@H]3[C@@H]2OC[C@H]3O)c1=O. The third kappa shape index (κ3) is 4.77. The van der Waals surface area contributed by atoms with Gasteiger partial charge in [-0.05, 0) is 6.42 Å². The van der Waals surface area contributed by atoms with Crippen LogP contribution in [-0.4, -0.2) is 76.5 Å². The fourth-order valence-electron chi connectivity index (χ4n) is 3.83. The maximum absolute atomic E-state index is 12.8. The van der Waals surface area contributed by atoms with Crippen molar-refractivity contribution >= 4 is 11.7 Å². The smallest absolute Gasteiger partial charge is 0.323 e. The number of aliphatic carboxylic acids is 1. The Kier molecular flexibility index (Phi) is 6.62. The molecule has 2 saturated heterocycles. The van der Waals surface area contributed by atoms with E-state index in [0.29, 0.717) is 37.6 Å². The van der Waals surface area contributed by atoms with E-state index in [1.807, 2.05) is 6.07 Å². The lowest BCUT2D eigenvalue weighted by Crippen LogP contribution is -2.33. The number of rotatable bonds is 9. The highest BCUT2D eigenvalue weighted by atomic mass is 16.6. The molecule has 0 radical (unpaired) electrons. The minimum atomic E-state index is -1.12. The van der Waals surface area contributed by atoms with Crippen molar-refractivity contribution in [1.82, 2.24) is 9.55 Å². The molecule has 166 valence electrons. The number of carboxylic acids is 1. The highest BCUT2D eigenvalue weighted by Gasteiger charge is 2.47. The van der Waals surface area contributed by atoms with Crippen LogP contribution in [0, 0.1) is 0 Å². The Morgan fingerprint density at radius 2 is 2.00 bits per heavy atom. The highest BCUT2D eigenvalue weighted by Crippen LogP contribution is 2.28. The minimum absolute atomic E-state index is 0.221. The van der Waals surface area contributed by atoms with Gasteiger partial charge in [-0.15, -0.1) is 0 Å². The molecule has 2 aliphatic rings. The third-order valence-corrected chi connectivity index (χ3v) is 5.32. The summed E-state index contributed by atoms with van der Waals surface area (Å²) in [6.07, 6.45) is 0.620. The Morgan fingerprint density at radius 3 is 2.77 bits per heavy atom. The molecular weight excluding hydrogens is 406 g/mol. The van der Waals surface area contributed by atoms with Crippen molar-refractivity contribution in [1.29, 1.82) is 0 Å². The molecule has 0 aliphatic carbocycles. The number of anilines is 1. The minimum Gasteiger partial charge on any atom is -0.480 e. The summed E-state index contributed by atoms with van der Waals surface area (Å²) in [5.74, 6) is -0.820. The van der Waals surface area contributed by atoms with Crippen LogP contribution in [0.15, 0.2) is 41.3 Å². The number of nitrogens with zero attached hydrogens (tertiary/aromatic N) is 2. The van der Waals surface area contributed by atoms with Gasteiger partial charge in [0.25, 0.3) is 5.56 Å². The molecule has 0 spiro atoms. The fourth-order valence-corrected chi connectivity index (χ4v) is 3.83. The first-order chi connectivity index (χ1) is 15.0. The number of aromatic nitrogens is 2. The first-order valence-electron chi connectivity index (χ1n) is 10.2. The monoisotopic (exact) mass is 431 g/mol. The molecule has 4 rings (SSSR count). The van der Waals surface area contributed by atoms with Crippen LogP contribution in [0.4, 0.5) is 5.69 Å². The Bertz CT molecular complexity index is 965. The number of hydrogen-bond donors (Lipinski definition) is 3. The summed E-state index contributed by atoms with van der Waals surface area (Å²) in [4.78, 5) is 28.4. The molecule has 3 heterocycles. The van der Waals surface area contributed by atoms with Gasteiger partial charge < -0.3 is 29.7 Å². The largest absolute Gasteiger partial charge is 0.480 e. The summed E-state index contributed by atoms with van der Waals surface area (Å²) in [6, 6.07) is 8.98. The van der Waals surface area contributed by atoms with E-state index in [-0.39, 0.29) is 30.6 Å². The molecule has 1 aromatic carbocycles. The lowest BCUT2D eigenvalue weighted by atomic mass is 10.1. The summed E-state index contributed by atoms with van der Waals surface area (Å²) in [7, 11) is 0. The molecule has 2 aliphatic heterocycles. The van der Waals surface area contributed by atoms with E-state index in [4.69, 9.17) is 14.2 Å². The zero-order valence-corrected chi connectivity index (χ0v) is 16.8. The van der Waals surface area contributed by atoms with Gasteiger partial charge >= 0.3 is 5.97 Å². The van der Waals surface area contributed by atoms with Crippen molar-refractivity contribution in [3.8, 4) is 11.4 Å². The van der Waals surface area contributed by atoms with E-state index in [1.54, 1.807) is 24.3 Å². The van der Waals surface area contributed by atoms with Gasteiger partial charge in [0.1, 0.15) is 42.5 Å². The predicted molar refractivity (Wildman–Crippen MR) is 110 cm³/mol. The van der Waals surface area contributed by atoms with E-state index in [1.165, 1.54) is 6.20 Å². The lowest BCUT2D eigenvalue weighted by molar-refractivity contribution is -0.137. The number of carboxylic acid groups (broad SMARTS) is 1. The highest BCUT2D eigenvalue weighted by molar-refractivity contribution is 5.68. The van der Waals surface area contributed by atoms with Gasteiger partial charge in [-0.25, -0.2) is 4.98 Å². The van der Waals surface area contributed by atoms with Crippen molar-refractivity contribution in [2.75, 3.05) is 31.7 Å². The number of aliphatic hydroxyl groups is 1. The first-order valence-corrected chi connectivity index (χ1v) is 10.2. The topological polar surface area (TPSA) is 132 Å². The van der Waals surface area contributed by atoms with E-state index in [2.05, 4.69) is 10.3 Å². The van der Waals surface area contributed by atoms with Crippen LogP contribution in [0.5, 0.6) is 0 Å². The number of ether oxygens (including phenoxy) is 3. The average Bonchev–Trinajstić information content (AvgIpc) is 3.34. The quantitative estimate of drug-likeness (QED) is 0.481. The number of aliphatic hydroxyl groups excluding tert-OH is 1. The molecule has 2 fully saturated rings. The molecule has 0 saturated carbocycles. The summed E-state index contributed by atoms with van der Waals surface area (Å²) in [6.45, 7) is 1.02. The van der Waals surface area contributed by atoms with Crippen molar-refractivity contribution in [2.24, 2.45) is 0 Å². The summed E-state index contributed by atoms with van der Waals surface area (Å²) in [5, 5.41) is 22.0. The van der Waals surface area contributed by atoms with Gasteiger partial charge in [0.15, 0.2) is 0 Å². The Balaban J connectivity index is 1.34. The van der Waals surface area contributed by atoms with E-state index in [0.717, 1.165) is 4.57 Å². The van der Waals surface area contributed by atoms with Crippen molar-refractivity contribution in [3.63, 3.8) is 0 Å². The zero-order chi connectivity index (χ0) is 21.8. The van der Waals surface area contributed by atoms with Crippen molar-refractivity contribution in [2.45, 2.75) is 37.4 Å². The Hall–Kier alpha value is -2.79. The molecule has 10 heteroatoms. The lowest BCUT2D eigenvalue weighted by Gasteiger charge is -2.17. The molecule has 0 amide bonds. The molecule has 0 unspecified atom stereocenters. The second-order valence-corrected chi connectivity index (χ2v) is 7.50. The normalized spacial score (nSPS) is 24.8. The molecule has 2 aromatic rings. The summed E-state index contributed by atoms with van der Waals surface area (Å²) in [5.41, 5.74) is 0.446. The number of nitrogens with one attached hydrogen (secondary N) is 1. The maximum Gasteiger partial charge on any atom is 0.323 e. The van der Waals surface area contributed by atoms with Crippen LogP contribution >= 0.6 is 0 Å². The second kappa shape index (κ2) is 9.56. The molecule has 10 nitrogen and oxygen atoms in total. The molecule has 0 bridgehead atoms. The standard InChI is InChI=1S/C21H25N3O7/c25-15-11-30-19-16(12-31-18(15)19)29-8-4-7-22-14-9-23-20(13-5-2-1-3-6-13)24(21(14)28)10-17(26)27/h1-3,5-6,9,15-16,18-19,22,25H,4,7-8,10-12H2,(H,26,27)/t15-,16-,18-,19-/m1/s1. The van der Waals surface area contributed by atoms with Crippen LogP contribution in [0.2, 0.25) is 0 Å². The van der Waals surface area contributed by atoms with Gasteiger partial charge in [0.2, 0.25) is 0 Å². The molecule has 3 N–H and O–H groups in total. The predicted octanol–water partition coefficient (Wildman–Crippen LogP) is 0.341. The molecule has 1 aromatic heterocycles. The van der Waals surface area contributed by atoms with Gasteiger partial charge in [-0.2, -0.15) is 0 Å². The van der Waals surface area contributed by atoms with Crippen molar-refractivity contribution in [3.05, 3.63) is 46.9 Å². The van der Waals surface area contributed by atoms with Crippen LogP contribution < -0.4 is 10.9 Å². The van der Waals surface area contributed by atoms with Crippen LogP contribution in [0.3, 0.4) is 0 Å². The van der Waals surface area contributed by atoms with Gasteiger partial charge in [-0.3, -0.25) is 14.2 Å². The van der Waals surface area contributed by atoms with Crippen LogP contribution in [-0.2, 0) is 25.5 Å². The molecule has 31 heavy (non-hydrogen) atoms. The Labute approximate surface area is 178 Å². The molecule has 4 atom stereocenters. The van der Waals surface area contributed by atoms with E-state index < -0.39 is 24.2 Å². The number of benzene rings is 1. The van der Waals surface area contributed by atoms with Crippen LogP contribution in [0.1, 0.15) is 6.42 Å². The summed E-state index contributed by atoms with van der Waals surface area (Å²) < 4.78 is 18.0. The average molecular weight is 431 g/mol. The van der Waals surface area contributed by atoms with Gasteiger partial charge in [-0.1, -0.05) is 30.3 Å². The van der Waals surface area contributed by atoms with Gasteiger partial charge in [0.05, 0.1) is 19.4 Å². The van der Waals surface area contributed by atoms with Crippen LogP contribution in [0.25, 0.3) is 11.4 Å². The zero-order valence-electron chi connectivity index (χ0n) is 16.8. The third-order valence-electron chi connectivity index (χ3n) is 5.32. The first kappa shape index (κ1) is 21.4.